The van der Waals surface area contributed by atoms with E-state index in [0.29, 0.717) is 13.2 Å². The van der Waals surface area contributed by atoms with Gasteiger partial charge >= 0.3 is 6.03 Å². The van der Waals surface area contributed by atoms with E-state index in [2.05, 4.69) is 16.0 Å². The molecular weight excluding hydrogens is 172 g/mol. The van der Waals surface area contributed by atoms with E-state index in [4.69, 9.17) is 10.1 Å². The standard InChI is InChI=1S/C7H14N4O2/c1-9-7(12)11-6(8)10-5-2-3-13-4-5/h5H,2-4H2,1H3,(H4,8,9,10,11,12). The average molecular weight is 186 g/mol. The molecule has 0 aliphatic carbocycles. The van der Waals surface area contributed by atoms with Crippen LogP contribution in [0.2, 0.25) is 0 Å². The first kappa shape index (κ1) is 9.79. The number of rotatable bonds is 1. The SMILES string of the molecule is CNC(=O)NC(=N)NC1CCOC1. The lowest BCUT2D eigenvalue weighted by Gasteiger charge is -2.13. The molecule has 1 aliphatic heterocycles. The molecule has 0 aromatic carbocycles. The van der Waals surface area contributed by atoms with Gasteiger partial charge in [-0.3, -0.25) is 10.7 Å². The first-order valence-electron chi connectivity index (χ1n) is 4.14. The molecule has 13 heavy (non-hydrogen) atoms. The Morgan fingerprint density at radius 2 is 2.38 bits per heavy atom. The summed E-state index contributed by atoms with van der Waals surface area (Å²) in [6, 6.07) is -0.249. The van der Waals surface area contributed by atoms with E-state index < -0.39 is 6.03 Å². The van der Waals surface area contributed by atoms with E-state index in [0.717, 1.165) is 6.42 Å². The van der Waals surface area contributed by atoms with E-state index in [1.165, 1.54) is 7.05 Å². The zero-order valence-corrected chi connectivity index (χ0v) is 7.52. The minimum absolute atomic E-state index is 0.00912. The molecule has 0 saturated carbocycles. The lowest BCUT2D eigenvalue weighted by molar-refractivity contribution is 0.192. The lowest BCUT2D eigenvalue weighted by Crippen LogP contribution is -2.47. The summed E-state index contributed by atoms with van der Waals surface area (Å²) in [5.74, 6) is 0.00912. The van der Waals surface area contributed by atoms with Crippen molar-refractivity contribution in [1.29, 1.82) is 5.41 Å². The molecule has 74 valence electrons. The summed E-state index contributed by atoms with van der Waals surface area (Å²) < 4.78 is 5.10. The van der Waals surface area contributed by atoms with Gasteiger partial charge in [-0.2, -0.15) is 0 Å². The van der Waals surface area contributed by atoms with E-state index in [9.17, 15) is 4.79 Å². The third-order valence-corrected chi connectivity index (χ3v) is 1.74. The second-order valence-corrected chi connectivity index (χ2v) is 2.78. The zero-order chi connectivity index (χ0) is 9.68. The Morgan fingerprint density at radius 1 is 1.62 bits per heavy atom. The van der Waals surface area contributed by atoms with Crippen molar-refractivity contribution in [2.24, 2.45) is 0 Å². The molecule has 1 atom stereocenters. The normalized spacial score (nSPS) is 20.8. The molecule has 2 amide bonds. The highest BCUT2D eigenvalue weighted by atomic mass is 16.5. The van der Waals surface area contributed by atoms with Gasteiger partial charge in [-0.05, 0) is 6.42 Å². The molecule has 0 radical (unpaired) electrons. The molecule has 4 N–H and O–H groups in total. The van der Waals surface area contributed by atoms with Crippen molar-refractivity contribution in [2.45, 2.75) is 12.5 Å². The van der Waals surface area contributed by atoms with Crippen molar-refractivity contribution < 1.29 is 9.53 Å². The van der Waals surface area contributed by atoms with Crippen LogP contribution < -0.4 is 16.0 Å². The summed E-state index contributed by atoms with van der Waals surface area (Å²) >= 11 is 0. The van der Waals surface area contributed by atoms with Gasteiger partial charge in [0, 0.05) is 13.7 Å². The predicted molar refractivity (Wildman–Crippen MR) is 47.7 cm³/mol. The summed E-state index contributed by atoms with van der Waals surface area (Å²) in [4.78, 5) is 10.8. The van der Waals surface area contributed by atoms with Crippen LogP contribution >= 0.6 is 0 Å². The first-order chi connectivity index (χ1) is 6.22. The van der Waals surface area contributed by atoms with E-state index in [1.807, 2.05) is 0 Å². The molecule has 1 aliphatic rings. The van der Waals surface area contributed by atoms with Crippen molar-refractivity contribution in [3.63, 3.8) is 0 Å². The van der Waals surface area contributed by atoms with Crippen LogP contribution in [0, 0.1) is 5.41 Å². The van der Waals surface area contributed by atoms with Gasteiger partial charge in [0.15, 0.2) is 5.96 Å². The zero-order valence-electron chi connectivity index (χ0n) is 7.52. The molecule has 6 heteroatoms. The van der Waals surface area contributed by atoms with Gasteiger partial charge in [-0.1, -0.05) is 0 Å². The number of ether oxygens (including phenoxy) is 1. The van der Waals surface area contributed by atoms with Gasteiger partial charge in [0.25, 0.3) is 0 Å². The van der Waals surface area contributed by atoms with Crippen LogP contribution in [-0.2, 0) is 4.74 Å². The maximum Gasteiger partial charge on any atom is 0.321 e. The summed E-state index contributed by atoms with van der Waals surface area (Å²) in [6.07, 6.45) is 0.873. The number of guanidine groups is 1. The van der Waals surface area contributed by atoms with Gasteiger partial charge < -0.3 is 15.4 Å². The number of carbonyl (C=O) groups is 1. The van der Waals surface area contributed by atoms with Crippen LogP contribution in [0.5, 0.6) is 0 Å². The van der Waals surface area contributed by atoms with Crippen molar-refractivity contribution in [1.82, 2.24) is 16.0 Å². The first-order valence-corrected chi connectivity index (χ1v) is 4.14. The fourth-order valence-electron chi connectivity index (χ4n) is 1.06. The molecule has 1 fully saturated rings. The molecule has 0 spiro atoms. The highest BCUT2D eigenvalue weighted by Gasteiger charge is 2.16. The fraction of sp³-hybridized carbons (Fsp3) is 0.714. The van der Waals surface area contributed by atoms with Crippen LogP contribution in [-0.4, -0.2) is 38.3 Å². The molecule has 0 aromatic rings. The van der Waals surface area contributed by atoms with Crippen molar-refractivity contribution in [3.8, 4) is 0 Å². The Balaban J connectivity index is 2.20. The van der Waals surface area contributed by atoms with E-state index in [-0.39, 0.29) is 12.0 Å². The Labute approximate surface area is 76.5 Å². The topological polar surface area (TPSA) is 86.2 Å². The van der Waals surface area contributed by atoms with Crippen LogP contribution in [0.4, 0.5) is 4.79 Å². The summed E-state index contributed by atoms with van der Waals surface area (Å²) in [6.45, 7) is 1.31. The Bertz CT molecular complexity index is 201. The van der Waals surface area contributed by atoms with Crippen molar-refractivity contribution >= 4 is 12.0 Å². The minimum Gasteiger partial charge on any atom is -0.379 e. The van der Waals surface area contributed by atoms with Crippen LogP contribution in [0.3, 0.4) is 0 Å². The number of nitrogens with one attached hydrogen (secondary N) is 4. The van der Waals surface area contributed by atoms with Crippen LogP contribution in [0.15, 0.2) is 0 Å². The summed E-state index contributed by atoms with van der Waals surface area (Å²) in [5.41, 5.74) is 0. The minimum atomic E-state index is -0.392. The summed E-state index contributed by atoms with van der Waals surface area (Å²) in [7, 11) is 1.50. The van der Waals surface area contributed by atoms with Crippen molar-refractivity contribution in [3.05, 3.63) is 0 Å². The number of urea groups is 1. The molecule has 1 rings (SSSR count). The van der Waals surface area contributed by atoms with Crippen molar-refractivity contribution in [2.75, 3.05) is 20.3 Å². The van der Waals surface area contributed by atoms with E-state index in [1.54, 1.807) is 0 Å². The number of hydrogen-bond donors (Lipinski definition) is 4. The quantitative estimate of drug-likeness (QED) is 0.320. The largest absolute Gasteiger partial charge is 0.379 e. The van der Waals surface area contributed by atoms with Gasteiger partial charge in [0.05, 0.1) is 12.6 Å². The Hall–Kier alpha value is -1.30. The maximum absolute atomic E-state index is 10.8. The van der Waals surface area contributed by atoms with Gasteiger partial charge in [0.2, 0.25) is 0 Å². The number of carbonyl (C=O) groups excluding carboxylic acids is 1. The third kappa shape index (κ3) is 3.29. The monoisotopic (exact) mass is 186 g/mol. The third-order valence-electron chi connectivity index (χ3n) is 1.74. The highest BCUT2D eigenvalue weighted by molar-refractivity contribution is 5.94. The van der Waals surface area contributed by atoms with Gasteiger partial charge in [0.1, 0.15) is 0 Å². The molecule has 0 bridgehead atoms. The van der Waals surface area contributed by atoms with Crippen LogP contribution in [0.1, 0.15) is 6.42 Å². The molecule has 1 unspecified atom stereocenters. The smallest absolute Gasteiger partial charge is 0.321 e. The van der Waals surface area contributed by atoms with E-state index >= 15 is 0 Å². The van der Waals surface area contributed by atoms with Gasteiger partial charge in [-0.15, -0.1) is 0 Å². The molecule has 6 nitrogen and oxygen atoms in total. The molecule has 0 aromatic heterocycles. The molecule has 1 heterocycles. The lowest BCUT2D eigenvalue weighted by atomic mass is 10.3. The summed E-state index contributed by atoms with van der Waals surface area (Å²) in [5, 5.41) is 14.9. The number of hydrogen-bond acceptors (Lipinski definition) is 3. The molecule has 1 saturated heterocycles. The number of amides is 2. The van der Waals surface area contributed by atoms with Crippen LogP contribution in [0.25, 0.3) is 0 Å². The van der Waals surface area contributed by atoms with Gasteiger partial charge in [-0.25, -0.2) is 4.79 Å². The second kappa shape index (κ2) is 4.66. The molecular formula is C7H14N4O2. The average Bonchev–Trinajstić information content (AvgIpc) is 2.56. The second-order valence-electron chi connectivity index (χ2n) is 2.78. The maximum atomic E-state index is 10.8. The fourth-order valence-corrected chi connectivity index (χ4v) is 1.06. The predicted octanol–water partition coefficient (Wildman–Crippen LogP) is -0.771. The Morgan fingerprint density at radius 3 is 2.92 bits per heavy atom. The Kier molecular flexibility index (Phi) is 3.51. The highest BCUT2D eigenvalue weighted by Crippen LogP contribution is 2.02.